The van der Waals surface area contributed by atoms with Crippen LogP contribution in [0.1, 0.15) is 27.7 Å². The molecule has 0 amide bonds. The highest BCUT2D eigenvalue weighted by Crippen LogP contribution is 2.37. The van der Waals surface area contributed by atoms with E-state index < -0.39 is 11.3 Å². The van der Waals surface area contributed by atoms with Gasteiger partial charge in [0.1, 0.15) is 11.2 Å². The summed E-state index contributed by atoms with van der Waals surface area (Å²) in [6, 6.07) is 12.7. The summed E-state index contributed by atoms with van der Waals surface area (Å²) >= 11 is 3.47. The highest BCUT2D eigenvalue weighted by atomic mass is 79.9. The zero-order chi connectivity index (χ0) is 19.7. The van der Waals surface area contributed by atoms with Crippen LogP contribution in [-0.2, 0) is 0 Å². The maximum atomic E-state index is 12.0. The second-order valence-corrected chi connectivity index (χ2v) is 6.36. The summed E-state index contributed by atoms with van der Waals surface area (Å²) in [5.74, 6) is 0. The second kappa shape index (κ2) is 7.53. The van der Waals surface area contributed by atoms with Gasteiger partial charge in [0.2, 0.25) is 0 Å². The molecule has 2 heterocycles. The monoisotopic (exact) mass is 426 g/mol. The van der Waals surface area contributed by atoms with Crippen molar-refractivity contribution in [3.8, 4) is 0 Å². The van der Waals surface area contributed by atoms with Crippen molar-refractivity contribution < 1.29 is 8.83 Å². The first kappa shape index (κ1) is 19.1. The Morgan fingerprint density at radius 2 is 1.19 bits per heavy atom. The number of rotatable bonds is 0. The predicted molar refractivity (Wildman–Crippen MR) is 115 cm³/mol. The fourth-order valence-corrected chi connectivity index (χ4v) is 3.59. The van der Waals surface area contributed by atoms with Crippen LogP contribution in [0.25, 0.3) is 43.5 Å². The number of halogens is 1. The first-order chi connectivity index (χ1) is 13.1. The lowest BCUT2D eigenvalue weighted by Gasteiger charge is -2.10. The lowest BCUT2D eigenvalue weighted by molar-refractivity contribution is 0.489. The van der Waals surface area contributed by atoms with Gasteiger partial charge < -0.3 is 8.83 Å². The van der Waals surface area contributed by atoms with Crippen LogP contribution < -0.4 is 11.3 Å². The first-order valence-electron chi connectivity index (χ1n) is 8.97. The molecule has 5 aromatic rings. The van der Waals surface area contributed by atoms with Crippen molar-refractivity contribution in [1.82, 2.24) is 0 Å². The minimum Gasteiger partial charge on any atom is -0.456 e. The van der Waals surface area contributed by atoms with Gasteiger partial charge in [0, 0.05) is 20.6 Å². The smallest absolute Gasteiger partial charge is 0.346 e. The van der Waals surface area contributed by atoms with Crippen LogP contribution in [0.3, 0.4) is 0 Å². The maximum Gasteiger partial charge on any atom is 0.346 e. The van der Waals surface area contributed by atoms with Crippen LogP contribution in [0, 0.1) is 0 Å². The summed E-state index contributed by atoms with van der Waals surface area (Å²) in [6.07, 6.45) is 0. The Labute approximate surface area is 163 Å². The van der Waals surface area contributed by atoms with Gasteiger partial charge in [-0.05, 0) is 41.8 Å². The van der Waals surface area contributed by atoms with Gasteiger partial charge in [-0.25, -0.2) is 9.59 Å². The van der Waals surface area contributed by atoms with Gasteiger partial charge in [-0.2, -0.15) is 0 Å². The van der Waals surface area contributed by atoms with Crippen LogP contribution in [-0.4, -0.2) is 0 Å². The molecule has 0 aliphatic rings. The summed E-state index contributed by atoms with van der Waals surface area (Å²) in [7, 11) is 0. The summed E-state index contributed by atoms with van der Waals surface area (Å²) in [6.45, 7) is 8.00. The van der Waals surface area contributed by atoms with Crippen LogP contribution >= 0.6 is 15.9 Å². The van der Waals surface area contributed by atoms with E-state index >= 15 is 0 Å². The summed E-state index contributed by atoms with van der Waals surface area (Å²) in [5, 5.41) is 4.01. The second-order valence-electron chi connectivity index (χ2n) is 5.44. The number of fused-ring (bicyclic) bond motifs is 2. The first-order valence-corrected chi connectivity index (χ1v) is 9.77. The Morgan fingerprint density at radius 3 is 1.85 bits per heavy atom. The number of benzene rings is 3. The van der Waals surface area contributed by atoms with Crippen molar-refractivity contribution in [2.45, 2.75) is 27.7 Å². The molecule has 138 valence electrons. The molecule has 0 N–H and O–H groups in total. The quantitative estimate of drug-likeness (QED) is 0.210. The summed E-state index contributed by atoms with van der Waals surface area (Å²) in [4.78, 5) is 24.0. The molecule has 0 spiro atoms. The molecular formula is C22H19BrO4. The average molecular weight is 427 g/mol. The van der Waals surface area contributed by atoms with Crippen LogP contribution in [0.2, 0.25) is 0 Å². The molecule has 0 atom stereocenters. The molecule has 5 heteroatoms. The highest BCUT2D eigenvalue weighted by Gasteiger charge is 2.17. The molecule has 5 rings (SSSR count). The zero-order valence-electron chi connectivity index (χ0n) is 15.6. The van der Waals surface area contributed by atoms with Crippen molar-refractivity contribution in [3.05, 3.63) is 67.8 Å². The number of hydrogen-bond acceptors (Lipinski definition) is 4. The molecule has 2 aromatic heterocycles. The van der Waals surface area contributed by atoms with E-state index in [2.05, 4.69) is 15.9 Å². The highest BCUT2D eigenvalue weighted by molar-refractivity contribution is 9.10. The van der Waals surface area contributed by atoms with Crippen molar-refractivity contribution >= 4 is 59.4 Å². The fourth-order valence-electron chi connectivity index (χ4n) is 3.23. The Kier molecular flexibility index (Phi) is 5.33. The Morgan fingerprint density at radius 1 is 0.630 bits per heavy atom. The summed E-state index contributed by atoms with van der Waals surface area (Å²) in [5.41, 5.74) is 0.142. The van der Waals surface area contributed by atoms with Gasteiger partial charge in [0.05, 0.1) is 10.8 Å². The van der Waals surface area contributed by atoms with Crippen LogP contribution in [0.5, 0.6) is 0 Å². The third kappa shape index (κ3) is 2.92. The van der Waals surface area contributed by atoms with Gasteiger partial charge in [-0.15, -0.1) is 0 Å². The van der Waals surface area contributed by atoms with E-state index in [1.54, 1.807) is 18.2 Å². The van der Waals surface area contributed by atoms with E-state index in [9.17, 15) is 9.59 Å². The Balaban J connectivity index is 0.000000495. The van der Waals surface area contributed by atoms with E-state index in [0.29, 0.717) is 21.7 Å². The van der Waals surface area contributed by atoms with E-state index in [-0.39, 0.29) is 0 Å². The predicted octanol–water partition coefficient (Wildman–Crippen LogP) is 6.46. The third-order valence-corrected chi connectivity index (χ3v) is 4.69. The van der Waals surface area contributed by atoms with E-state index in [4.69, 9.17) is 8.83 Å². The van der Waals surface area contributed by atoms with Crippen molar-refractivity contribution in [2.75, 3.05) is 0 Å². The van der Waals surface area contributed by atoms with Crippen LogP contribution in [0.4, 0.5) is 0 Å². The molecule has 0 saturated heterocycles. The van der Waals surface area contributed by atoms with Gasteiger partial charge in [-0.3, -0.25) is 0 Å². The van der Waals surface area contributed by atoms with Crippen molar-refractivity contribution in [3.63, 3.8) is 0 Å². The van der Waals surface area contributed by atoms with Crippen molar-refractivity contribution in [2.24, 2.45) is 0 Å². The minimum absolute atomic E-state index is 0.391. The molecule has 0 bridgehead atoms. The average Bonchev–Trinajstić information content (AvgIpc) is 2.71. The van der Waals surface area contributed by atoms with E-state index in [1.165, 1.54) is 0 Å². The molecule has 0 saturated carbocycles. The van der Waals surface area contributed by atoms with Gasteiger partial charge in [0.25, 0.3) is 0 Å². The van der Waals surface area contributed by atoms with Crippen molar-refractivity contribution in [1.29, 1.82) is 0 Å². The molecule has 3 aromatic carbocycles. The van der Waals surface area contributed by atoms with E-state index in [0.717, 1.165) is 26.2 Å². The molecule has 0 unspecified atom stereocenters. The van der Waals surface area contributed by atoms with E-state index in [1.807, 2.05) is 52.0 Å². The third-order valence-electron chi connectivity index (χ3n) is 4.20. The molecular weight excluding hydrogens is 408 g/mol. The normalized spacial score (nSPS) is 10.7. The lowest BCUT2D eigenvalue weighted by atomic mass is 9.97. The standard InChI is InChI=1S/C18H7BrO4.2C2H6/c19-8-1-5-13-12(7-8)9-2-3-10-15-11(18(21)23-17(10)20)4-6-14(22-13)16(9)15;2*1-2/h1-7H;2*1-2H3. The maximum absolute atomic E-state index is 12.0. The van der Waals surface area contributed by atoms with Gasteiger partial charge in [0.15, 0.2) is 0 Å². The largest absolute Gasteiger partial charge is 0.456 e. The molecule has 4 nitrogen and oxygen atoms in total. The SMILES string of the molecule is CC.CC.O=c1oc(=O)c2ccc3c4cc(Br)ccc4oc4ccc1c2c43. The molecule has 0 radical (unpaired) electrons. The minimum atomic E-state index is -0.619. The number of hydrogen-bond donors (Lipinski definition) is 0. The van der Waals surface area contributed by atoms with Crippen LogP contribution in [0.15, 0.2) is 65.4 Å². The Bertz CT molecular complexity index is 1330. The van der Waals surface area contributed by atoms with Gasteiger partial charge >= 0.3 is 11.3 Å². The molecule has 0 aliphatic carbocycles. The summed E-state index contributed by atoms with van der Waals surface area (Å²) < 4.78 is 11.7. The lowest BCUT2D eigenvalue weighted by Crippen LogP contribution is -2.12. The molecule has 0 fully saturated rings. The Hall–Kier alpha value is -2.66. The molecule has 0 aliphatic heterocycles. The zero-order valence-corrected chi connectivity index (χ0v) is 17.1. The molecule has 27 heavy (non-hydrogen) atoms. The fraction of sp³-hybridized carbons (Fsp3) is 0.182. The van der Waals surface area contributed by atoms with Gasteiger partial charge in [-0.1, -0.05) is 49.7 Å². The topological polar surface area (TPSA) is 60.4 Å².